The van der Waals surface area contributed by atoms with Crippen molar-refractivity contribution in [2.24, 2.45) is 0 Å². The Kier molecular flexibility index (Phi) is 5.58. The van der Waals surface area contributed by atoms with E-state index in [0.29, 0.717) is 5.56 Å². The van der Waals surface area contributed by atoms with E-state index < -0.39 is 11.5 Å². The number of rotatable bonds is 4. The maximum Gasteiger partial charge on any atom is 0.261 e. The van der Waals surface area contributed by atoms with E-state index in [9.17, 15) is 14.4 Å². The molecule has 0 bridgehead atoms. The minimum absolute atomic E-state index is 0.0621. The zero-order chi connectivity index (χ0) is 17.0. The summed E-state index contributed by atoms with van der Waals surface area (Å²) < 4.78 is 0. The van der Waals surface area contributed by atoms with Crippen LogP contribution in [0.5, 0.6) is 0 Å². The number of piperidine rings is 1. The van der Waals surface area contributed by atoms with Gasteiger partial charge in [-0.1, -0.05) is 0 Å². The molecular formula is C17H25N3O3. The van der Waals surface area contributed by atoms with Crippen LogP contribution >= 0.6 is 0 Å². The van der Waals surface area contributed by atoms with E-state index in [1.807, 2.05) is 4.90 Å². The fourth-order valence-corrected chi connectivity index (χ4v) is 3.12. The molecule has 1 fully saturated rings. The van der Waals surface area contributed by atoms with Crippen LogP contribution in [0.1, 0.15) is 54.2 Å². The molecule has 1 atom stereocenters. The van der Waals surface area contributed by atoms with Crippen molar-refractivity contribution in [2.45, 2.75) is 52.5 Å². The first-order valence-electron chi connectivity index (χ1n) is 8.18. The minimum atomic E-state index is -0.428. The lowest BCUT2D eigenvalue weighted by Crippen LogP contribution is -2.43. The summed E-state index contributed by atoms with van der Waals surface area (Å²) in [5.41, 5.74) is 1.09. The highest BCUT2D eigenvalue weighted by Gasteiger charge is 2.23. The molecule has 0 spiro atoms. The maximum absolute atomic E-state index is 12.2. The predicted octanol–water partition coefficient (Wildman–Crippen LogP) is 1.51. The highest BCUT2D eigenvalue weighted by Crippen LogP contribution is 2.17. The van der Waals surface area contributed by atoms with Gasteiger partial charge in [-0.15, -0.1) is 0 Å². The molecule has 126 valence electrons. The van der Waals surface area contributed by atoms with E-state index in [-0.39, 0.29) is 30.5 Å². The number of hydrogen-bond donors (Lipinski definition) is 2. The Morgan fingerprint density at radius 2 is 2.09 bits per heavy atom. The number of carbonyl (C=O) groups is 2. The fourth-order valence-electron chi connectivity index (χ4n) is 3.12. The van der Waals surface area contributed by atoms with Gasteiger partial charge in [-0.25, -0.2) is 0 Å². The average Bonchev–Trinajstić information content (AvgIpc) is 2.46. The van der Waals surface area contributed by atoms with Gasteiger partial charge >= 0.3 is 0 Å². The van der Waals surface area contributed by atoms with Gasteiger partial charge < -0.3 is 15.2 Å². The summed E-state index contributed by atoms with van der Waals surface area (Å²) in [5, 5.41) is 2.68. The van der Waals surface area contributed by atoms with Crippen molar-refractivity contribution in [2.75, 3.05) is 13.1 Å². The molecule has 6 heteroatoms. The molecule has 0 aliphatic carbocycles. The van der Waals surface area contributed by atoms with Crippen LogP contribution in [0.2, 0.25) is 0 Å². The standard InChI is InChI=1S/C17H25N3O3/c1-11-10-12(2)19-17(23)15(11)16(22)18-8-7-14(21)20-9-5-4-6-13(20)3/h10,13H,4-9H2,1-3H3,(H,18,22)(H,19,23)/t13-/m1/s1. The van der Waals surface area contributed by atoms with Crippen LogP contribution in [-0.2, 0) is 4.79 Å². The van der Waals surface area contributed by atoms with Gasteiger partial charge in [0.15, 0.2) is 0 Å². The van der Waals surface area contributed by atoms with E-state index in [4.69, 9.17) is 0 Å². The number of hydrogen-bond acceptors (Lipinski definition) is 3. The van der Waals surface area contributed by atoms with Gasteiger partial charge in [0.25, 0.3) is 11.5 Å². The minimum Gasteiger partial charge on any atom is -0.351 e. The first kappa shape index (κ1) is 17.2. The van der Waals surface area contributed by atoms with Crippen molar-refractivity contribution < 1.29 is 9.59 Å². The molecule has 1 aliphatic heterocycles. The van der Waals surface area contributed by atoms with Gasteiger partial charge in [0, 0.05) is 31.2 Å². The van der Waals surface area contributed by atoms with Crippen LogP contribution in [-0.4, -0.2) is 40.8 Å². The quantitative estimate of drug-likeness (QED) is 0.882. The highest BCUT2D eigenvalue weighted by molar-refractivity contribution is 5.95. The molecule has 2 N–H and O–H groups in total. The smallest absolute Gasteiger partial charge is 0.261 e. The van der Waals surface area contributed by atoms with E-state index in [0.717, 1.165) is 31.5 Å². The number of amides is 2. The molecule has 0 aromatic carbocycles. The lowest BCUT2D eigenvalue weighted by Gasteiger charge is -2.33. The molecule has 0 radical (unpaired) electrons. The molecule has 1 aliphatic rings. The first-order chi connectivity index (χ1) is 10.9. The summed E-state index contributed by atoms with van der Waals surface area (Å²) in [7, 11) is 0. The second-order valence-electron chi connectivity index (χ2n) is 6.28. The summed E-state index contributed by atoms with van der Waals surface area (Å²) >= 11 is 0. The zero-order valence-corrected chi connectivity index (χ0v) is 14.1. The van der Waals surface area contributed by atoms with Crippen molar-refractivity contribution in [3.05, 3.63) is 33.2 Å². The number of aryl methyl sites for hydroxylation is 2. The van der Waals surface area contributed by atoms with Crippen molar-refractivity contribution in [3.8, 4) is 0 Å². The third-order valence-electron chi connectivity index (χ3n) is 4.34. The van der Waals surface area contributed by atoms with E-state index in [1.165, 1.54) is 0 Å². The Labute approximate surface area is 136 Å². The summed E-state index contributed by atoms with van der Waals surface area (Å²) in [6.45, 7) is 6.61. The zero-order valence-electron chi connectivity index (χ0n) is 14.1. The molecule has 2 heterocycles. The number of H-pyrrole nitrogens is 1. The summed E-state index contributed by atoms with van der Waals surface area (Å²) in [6.07, 6.45) is 3.51. The second kappa shape index (κ2) is 7.44. The molecule has 23 heavy (non-hydrogen) atoms. The Morgan fingerprint density at radius 1 is 1.35 bits per heavy atom. The molecule has 2 amide bonds. The van der Waals surface area contributed by atoms with Crippen molar-refractivity contribution in [1.29, 1.82) is 0 Å². The van der Waals surface area contributed by atoms with Crippen LogP contribution in [0, 0.1) is 13.8 Å². The largest absolute Gasteiger partial charge is 0.351 e. The predicted molar refractivity (Wildman–Crippen MR) is 88.5 cm³/mol. The number of pyridine rings is 1. The summed E-state index contributed by atoms with van der Waals surface area (Å²) in [4.78, 5) is 40.8. The summed E-state index contributed by atoms with van der Waals surface area (Å²) in [6, 6.07) is 2.03. The number of carbonyl (C=O) groups excluding carboxylic acids is 2. The monoisotopic (exact) mass is 319 g/mol. The van der Waals surface area contributed by atoms with E-state index in [2.05, 4.69) is 17.2 Å². The van der Waals surface area contributed by atoms with Crippen LogP contribution in [0.3, 0.4) is 0 Å². The molecule has 0 saturated carbocycles. The van der Waals surface area contributed by atoms with Crippen molar-refractivity contribution in [1.82, 2.24) is 15.2 Å². The third kappa shape index (κ3) is 4.21. The number of nitrogens with zero attached hydrogens (tertiary/aromatic N) is 1. The SMILES string of the molecule is Cc1cc(C)c(C(=O)NCCC(=O)N2CCCC[C@H]2C)c(=O)[nH]1. The average molecular weight is 319 g/mol. The van der Waals surface area contributed by atoms with Gasteiger partial charge in [0.2, 0.25) is 5.91 Å². The molecule has 2 rings (SSSR count). The highest BCUT2D eigenvalue weighted by atomic mass is 16.2. The van der Waals surface area contributed by atoms with E-state index >= 15 is 0 Å². The Morgan fingerprint density at radius 3 is 2.74 bits per heavy atom. The molecule has 0 unspecified atom stereocenters. The molecule has 1 aromatic heterocycles. The lowest BCUT2D eigenvalue weighted by molar-refractivity contribution is -0.134. The van der Waals surface area contributed by atoms with Gasteiger partial charge in [-0.3, -0.25) is 14.4 Å². The van der Waals surface area contributed by atoms with Gasteiger partial charge in [-0.05, 0) is 51.7 Å². The molecular weight excluding hydrogens is 294 g/mol. The summed E-state index contributed by atoms with van der Waals surface area (Å²) in [5.74, 6) is -0.365. The van der Waals surface area contributed by atoms with Gasteiger partial charge in [0.1, 0.15) is 5.56 Å². The fraction of sp³-hybridized carbons (Fsp3) is 0.588. The van der Waals surface area contributed by atoms with Crippen LogP contribution < -0.4 is 10.9 Å². The second-order valence-corrected chi connectivity index (χ2v) is 6.28. The van der Waals surface area contributed by atoms with Gasteiger partial charge in [-0.2, -0.15) is 0 Å². The topological polar surface area (TPSA) is 82.3 Å². The first-order valence-corrected chi connectivity index (χ1v) is 8.18. The Bertz CT molecular complexity index is 651. The van der Waals surface area contributed by atoms with Crippen LogP contribution in [0.15, 0.2) is 10.9 Å². The lowest BCUT2D eigenvalue weighted by atomic mass is 10.0. The number of likely N-dealkylation sites (tertiary alicyclic amines) is 1. The third-order valence-corrected chi connectivity index (χ3v) is 4.34. The Hall–Kier alpha value is -2.11. The molecule has 1 saturated heterocycles. The van der Waals surface area contributed by atoms with Crippen LogP contribution in [0.4, 0.5) is 0 Å². The number of aromatic nitrogens is 1. The number of nitrogens with one attached hydrogen (secondary N) is 2. The van der Waals surface area contributed by atoms with Crippen LogP contribution in [0.25, 0.3) is 0 Å². The normalized spacial score (nSPS) is 17.9. The van der Waals surface area contributed by atoms with E-state index in [1.54, 1.807) is 19.9 Å². The molecule has 6 nitrogen and oxygen atoms in total. The van der Waals surface area contributed by atoms with Crippen molar-refractivity contribution >= 4 is 11.8 Å². The van der Waals surface area contributed by atoms with Gasteiger partial charge in [0.05, 0.1) is 0 Å². The maximum atomic E-state index is 12.2. The Balaban J connectivity index is 1.90. The molecule has 1 aromatic rings. The van der Waals surface area contributed by atoms with Crippen molar-refractivity contribution in [3.63, 3.8) is 0 Å². The number of aromatic amines is 1.